The number of amides is 1. The van der Waals surface area contributed by atoms with Crippen molar-refractivity contribution in [1.82, 2.24) is 20.5 Å². The van der Waals surface area contributed by atoms with E-state index in [0.717, 1.165) is 12.1 Å². The van der Waals surface area contributed by atoms with E-state index >= 15 is 0 Å². The summed E-state index contributed by atoms with van der Waals surface area (Å²) in [4.78, 5) is 15.5. The van der Waals surface area contributed by atoms with Gasteiger partial charge in [0.1, 0.15) is 23.8 Å². The number of carbonyl (C=O) groups is 1. The van der Waals surface area contributed by atoms with Gasteiger partial charge < -0.3 is 5.32 Å². The summed E-state index contributed by atoms with van der Waals surface area (Å²) in [6, 6.07) is 2.81. The minimum absolute atomic E-state index is 0.186. The van der Waals surface area contributed by atoms with E-state index in [2.05, 4.69) is 20.5 Å². The maximum atomic E-state index is 13.3. The third kappa shape index (κ3) is 2.88. The number of hydrogen-bond acceptors (Lipinski definition) is 3. The second-order valence-corrected chi connectivity index (χ2v) is 3.56. The van der Waals surface area contributed by atoms with Crippen LogP contribution in [0.3, 0.4) is 0 Å². The molecule has 0 aliphatic heterocycles. The molecule has 0 aliphatic rings. The van der Waals surface area contributed by atoms with Crippen LogP contribution in [0.5, 0.6) is 0 Å². The Hall–Kier alpha value is -2.31. The van der Waals surface area contributed by atoms with Crippen molar-refractivity contribution in [3.05, 3.63) is 47.5 Å². The number of hydrogen-bond donors (Lipinski definition) is 2. The van der Waals surface area contributed by atoms with E-state index in [1.165, 1.54) is 6.33 Å². The van der Waals surface area contributed by atoms with Gasteiger partial charge in [-0.25, -0.2) is 13.8 Å². The zero-order chi connectivity index (χ0) is 13.0. The van der Waals surface area contributed by atoms with Gasteiger partial charge in [0.15, 0.2) is 0 Å². The fourth-order valence-corrected chi connectivity index (χ4v) is 1.41. The minimum Gasteiger partial charge on any atom is -0.351 e. The average Bonchev–Trinajstić information content (AvgIpc) is 2.81. The van der Waals surface area contributed by atoms with Gasteiger partial charge in [-0.15, -0.1) is 0 Å². The Kier molecular flexibility index (Phi) is 3.61. The third-order valence-corrected chi connectivity index (χ3v) is 2.29. The van der Waals surface area contributed by atoms with E-state index in [4.69, 9.17) is 0 Å². The predicted octanol–water partition coefficient (Wildman–Crippen LogP) is 1.06. The van der Waals surface area contributed by atoms with E-state index in [0.29, 0.717) is 18.3 Å². The summed E-state index contributed by atoms with van der Waals surface area (Å²) in [6.45, 7) is 0.283. The highest BCUT2D eigenvalue weighted by Gasteiger charge is 2.11. The Balaban J connectivity index is 1.91. The van der Waals surface area contributed by atoms with E-state index < -0.39 is 17.5 Å². The molecule has 0 radical (unpaired) electrons. The lowest BCUT2D eigenvalue weighted by Crippen LogP contribution is -2.26. The minimum atomic E-state index is -0.882. The highest BCUT2D eigenvalue weighted by atomic mass is 19.1. The first-order valence-electron chi connectivity index (χ1n) is 5.24. The first kappa shape index (κ1) is 12.2. The molecule has 5 nitrogen and oxygen atoms in total. The number of rotatable bonds is 4. The molecule has 1 amide bonds. The van der Waals surface area contributed by atoms with Crippen molar-refractivity contribution in [2.75, 3.05) is 6.54 Å². The molecule has 7 heteroatoms. The molecule has 0 unspecified atom stereocenters. The Morgan fingerprint density at radius 1 is 1.39 bits per heavy atom. The molecular weight excluding hydrogens is 242 g/mol. The maximum Gasteiger partial charge on any atom is 0.254 e. The van der Waals surface area contributed by atoms with Crippen molar-refractivity contribution < 1.29 is 13.6 Å². The number of nitrogens with zero attached hydrogens (tertiary/aromatic N) is 2. The van der Waals surface area contributed by atoms with Crippen LogP contribution in [0.15, 0.2) is 24.5 Å². The van der Waals surface area contributed by atoms with Crippen molar-refractivity contribution in [3.63, 3.8) is 0 Å². The molecule has 1 aromatic carbocycles. The number of benzene rings is 1. The normalized spacial score (nSPS) is 10.3. The van der Waals surface area contributed by atoms with Gasteiger partial charge in [-0.2, -0.15) is 5.10 Å². The number of aromatic nitrogens is 3. The zero-order valence-electron chi connectivity index (χ0n) is 9.28. The highest BCUT2D eigenvalue weighted by Crippen LogP contribution is 2.09. The molecule has 2 aromatic rings. The van der Waals surface area contributed by atoms with Gasteiger partial charge in [0.25, 0.3) is 5.91 Å². The Morgan fingerprint density at radius 2 is 2.22 bits per heavy atom. The summed E-state index contributed by atoms with van der Waals surface area (Å²) >= 11 is 0. The predicted molar refractivity (Wildman–Crippen MR) is 58.8 cm³/mol. The lowest BCUT2D eigenvalue weighted by atomic mass is 10.2. The Morgan fingerprint density at radius 3 is 2.89 bits per heavy atom. The molecule has 18 heavy (non-hydrogen) atoms. The van der Waals surface area contributed by atoms with Crippen LogP contribution in [0.25, 0.3) is 0 Å². The molecule has 0 atom stereocenters. The monoisotopic (exact) mass is 252 g/mol. The second-order valence-electron chi connectivity index (χ2n) is 3.56. The molecule has 0 fully saturated rings. The van der Waals surface area contributed by atoms with Crippen molar-refractivity contribution >= 4 is 5.91 Å². The van der Waals surface area contributed by atoms with Crippen molar-refractivity contribution in [2.45, 2.75) is 6.42 Å². The zero-order valence-corrected chi connectivity index (χ0v) is 9.28. The topological polar surface area (TPSA) is 70.7 Å². The van der Waals surface area contributed by atoms with E-state index in [1.807, 2.05) is 0 Å². The molecule has 2 N–H and O–H groups in total. The standard InChI is InChI=1S/C11H10F2N4O/c12-7-1-2-8(9(13)5-7)11(18)14-4-3-10-15-6-16-17-10/h1-2,5-6H,3-4H2,(H,14,18)(H,15,16,17). The molecule has 0 spiro atoms. The molecule has 0 saturated carbocycles. The van der Waals surface area contributed by atoms with E-state index in [1.54, 1.807) is 0 Å². The van der Waals surface area contributed by atoms with E-state index in [9.17, 15) is 13.6 Å². The summed E-state index contributed by atoms with van der Waals surface area (Å²) in [7, 11) is 0. The van der Waals surface area contributed by atoms with Crippen LogP contribution in [0.1, 0.15) is 16.2 Å². The molecule has 2 rings (SSSR count). The van der Waals surface area contributed by atoms with Gasteiger partial charge in [-0.1, -0.05) is 0 Å². The lowest BCUT2D eigenvalue weighted by molar-refractivity contribution is 0.0950. The largest absolute Gasteiger partial charge is 0.351 e. The summed E-state index contributed by atoms with van der Waals surface area (Å²) in [5.74, 6) is -1.57. The fourth-order valence-electron chi connectivity index (χ4n) is 1.41. The number of nitrogens with one attached hydrogen (secondary N) is 2. The van der Waals surface area contributed by atoms with Crippen LogP contribution in [0, 0.1) is 11.6 Å². The summed E-state index contributed by atoms with van der Waals surface area (Å²) in [5, 5.41) is 8.79. The molecular formula is C11H10F2N4O. The van der Waals surface area contributed by atoms with Crippen LogP contribution in [0.4, 0.5) is 8.78 Å². The number of halogens is 2. The Bertz CT molecular complexity index is 542. The number of H-pyrrole nitrogens is 1. The van der Waals surface area contributed by atoms with Crippen molar-refractivity contribution in [2.24, 2.45) is 0 Å². The van der Waals surface area contributed by atoms with Crippen LogP contribution >= 0.6 is 0 Å². The maximum absolute atomic E-state index is 13.3. The molecule has 0 aliphatic carbocycles. The lowest BCUT2D eigenvalue weighted by Gasteiger charge is -2.04. The molecule has 0 saturated heterocycles. The van der Waals surface area contributed by atoms with Gasteiger partial charge in [-0.05, 0) is 12.1 Å². The smallest absolute Gasteiger partial charge is 0.254 e. The van der Waals surface area contributed by atoms with Crippen LogP contribution < -0.4 is 5.32 Å². The quantitative estimate of drug-likeness (QED) is 0.854. The number of carbonyl (C=O) groups excluding carboxylic acids is 1. The van der Waals surface area contributed by atoms with Crippen LogP contribution in [-0.4, -0.2) is 27.6 Å². The first-order chi connectivity index (χ1) is 8.66. The van der Waals surface area contributed by atoms with Gasteiger partial charge in [0.05, 0.1) is 5.56 Å². The third-order valence-electron chi connectivity index (χ3n) is 2.29. The van der Waals surface area contributed by atoms with Gasteiger partial charge >= 0.3 is 0 Å². The average molecular weight is 252 g/mol. The van der Waals surface area contributed by atoms with Crippen molar-refractivity contribution in [3.8, 4) is 0 Å². The van der Waals surface area contributed by atoms with Crippen LogP contribution in [0.2, 0.25) is 0 Å². The SMILES string of the molecule is O=C(NCCc1ncn[nH]1)c1ccc(F)cc1F. The molecule has 1 aromatic heterocycles. The highest BCUT2D eigenvalue weighted by molar-refractivity contribution is 5.94. The van der Waals surface area contributed by atoms with Crippen molar-refractivity contribution in [1.29, 1.82) is 0 Å². The summed E-state index contributed by atoms with van der Waals surface area (Å²) in [6.07, 6.45) is 1.81. The van der Waals surface area contributed by atoms with Gasteiger partial charge in [0.2, 0.25) is 0 Å². The number of aromatic amines is 1. The second kappa shape index (κ2) is 5.35. The Labute approximate surface area is 101 Å². The molecule has 1 heterocycles. The summed E-state index contributed by atoms with van der Waals surface area (Å²) < 4.78 is 25.9. The van der Waals surface area contributed by atoms with Crippen LogP contribution in [-0.2, 0) is 6.42 Å². The fraction of sp³-hybridized carbons (Fsp3) is 0.182. The van der Waals surface area contributed by atoms with Gasteiger partial charge in [0, 0.05) is 19.0 Å². The van der Waals surface area contributed by atoms with E-state index in [-0.39, 0.29) is 12.1 Å². The van der Waals surface area contributed by atoms with Gasteiger partial charge in [-0.3, -0.25) is 9.89 Å². The molecule has 0 bridgehead atoms. The summed E-state index contributed by atoms with van der Waals surface area (Å²) in [5.41, 5.74) is -0.186. The first-order valence-corrected chi connectivity index (χ1v) is 5.24. The molecule has 94 valence electrons.